The van der Waals surface area contributed by atoms with Crippen LogP contribution >= 0.6 is 0 Å². The van der Waals surface area contributed by atoms with E-state index in [9.17, 15) is 4.79 Å². The van der Waals surface area contributed by atoms with Crippen LogP contribution in [0.15, 0.2) is 18.2 Å². The lowest BCUT2D eigenvalue weighted by atomic mass is 10.1. The summed E-state index contributed by atoms with van der Waals surface area (Å²) in [6.45, 7) is 6.10. The molecule has 2 rings (SSSR count). The molecule has 1 heterocycles. The van der Waals surface area contributed by atoms with Crippen molar-refractivity contribution in [1.82, 2.24) is 14.8 Å². The first kappa shape index (κ1) is 15.0. The Kier molecular flexibility index (Phi) is 4.57. The van der Waals surface area contributed by atoms with Crippen LogP contribution in [0.5, 0.6) is 0 Å². The molecule has 6 heteroatoms. The number of nitrogen functional groups attached to an aromatic ring is 1. The van der Waals surface area contributed by atoms with Gasteiger partial charge in [-0.2, -0.15) is 5.10 Å². The minimum absolute atomic E-state index is 0.312. The van der Waals surface area contributed by atoms with Gasteiger partial charge in [0.05, 0.1) is 17.9 Å². The summed E-state index contributed by atoms with van der Waals surface area (Å²) in [6, 6.07) is 5.21. The van der Waals surface area contributed by atoms with Crippen molar-refractivity contribution in [3.05, 3.63) is 35.4 Å². The second-order valence-corrected chi connectivity index (χ2v) is 4.56. The highest BCUT2D eigenvalue weighted by atomic mass is 16.5. The summed E-state index contributed by atoms with van der Waals surface area (Å²) in [5.41, 5.74) is 7.36. The van der Waals surface area contributed by atoms with Crippen molar-refractivity contribution in [1.29, 1.82) is 0 Å². The molecule has 0 amide bonds. The van der Waals surface area contributed by atoms with Gasteiger partial charge in [-0.05, 0) is 25.1 Å². The minimum atomic E-state index is -0.425. The monoisotopic (exact) mass is 288 g/mol. The number of esters is 1. The molecule has 112 valence electrons. The highest BCUT2D eigenvalue weighted by Crippen LogP contribution is 2.19. The fraction of sp³-hybridized carbons (Fsp3) is 0.400. The molecule has 0 aliphatic rings. The first-order valence-corrected chi connectivity index (χ1v) is 7.12. The van der Waals surface area contributed by atoms with Crippen LogP contribution in [0.2, 0.25) is 0 Å². The SMILES string of the molecule is CCOC(=O)c1cc(-n2nc(CC)nc2CC)ccc1N. The summed E-state index contributed by atoms with van der Waals surface area (Å²) >= 11 is 0. The fourth-order valence-corrected chi connectivity index (χ4v) is 2.04. The molecular formula is C15H20N4O2. The van der Waals surface area contributed by atoms with Crippen LogP contribution in [0.3, 0.4) is 0 Å². The van der Waals surface area contributed by atoms with Gasteiger partial charge < -0.3 is 10.5 Å². The van der Waals surface area contributed by atoms with Crippen molar-refractivity contribution in [2.45, 2.75) is 33.6 Å². The van der Waals surface area contributed by atoms with Gasteiger partial charge in [0.15, 0.2) is 5.82 Å². The van der Waals surface area contributed by atoms with E-state index in [-0.39, 0.29) is 0 Å². The number of anilines is 1. The number of ether oxygens (including phenoxy) is 1. The minimum Gasteiger partial charge on any atom is -0.462 e. The zero-order valence-electron chi connectivity index (χ0n) is 12.6. The smallest absolute Gasteiger partial charge is 0.340 e. The zero-order valence-corrected chi connectivity index (χ0v) is 12.6. The van der Waals surface area contributed by atoms with Crippen molar-refractivity contribution in [2.24, 2.45) is 0 Å². The van der Waals surface area contributed by atoms with E-state index in [1.807, 2.05) is 19.9 Å². The number of aromatic nitrogens is 3. The first-order chi connectivity index (χ1) is 10.1. The van der Waals surface area contributed by atoms with Gasteiger partial charge >= 0.3 is 5.97 Å². The van der Waals surface area contributed by atoms with Crippen molar-refractivity contribution in [3.63, 3.8) is 0 Å². The van der Waals surface area contributed by atoms with E-state index in [2.05, 4.69) is 10.1 Å². The molecule has 1 aromatic heterocycles. The van der Waals surface area contributed by atoms with E-state index in [0.717, 1.165) is 30.2 Å². The van der Waals surface area contributed by atoms with E-state index in [4.69, 9.17) is 10.5 Å². The number of nitrogens with two attached hydrogens (primary N) is 1. The molecule has 21 heavy (non-hydrogen) atoms. The van der Waals surface area contributed by atoms with E-state index in [0.29, 0.717) is 17.9 Å². The van der Waals surface area contributed by atoms with Gasteiger partial charge in [-0.25, -0.2) is 14.5 Å². The van der Waals surface area contributed by atoms with Crippen molar-refractivity contribution >= 4 is 11.7 Å². The molecule has 0 saturated carbocycles. The van der Waals surface area contributed by atoms with Crippen LogP contribution < -0.4 is 5.73 Å². The van der Waals surface area contributed by atoms with Crippen LogP contribution in [0.25, 0.3) is 5.69 Å². The van der Waals surface area contributed by atoms with Gasteiger partial charge in [-0.3, -0.25) is 0 Å². The van der Waals surface area contributed by atoms with Crippen LogP contribution in [0, 0.1) is 0 Å². The van der Waals surface area contributed by atoms with Gasteiger partial charge in [0.2, 0.25) is 0 Å². The van der Waals surface area contributed by atoms with Crippen molar-refractivity contribution in [2.75, 3.05) is 12.3 Å². The number of nitrogens with zero attached hydrogens (tertiary/aromatic N) is 3. The average Bonchev–Trinajstić information content (AvgIpc) is 2.91. The van der Waals surface area contributed by atoms with Crippen molar-refractivity contribution < 1.29 is 9.53 Å². The van der Waals surface area contributed by atoms with Crippen LogP contribution in [0.1, 0.15) is 42.8 Å². The molecule has 0 unspecified atom stereocenters. The van der Waals surface area contributed by atoms with Crippen LogP contribution in [-0.2, 0) is 17.6 Å². The van der Waals surface area contributed by atoms with E-state index in [1.165, 1.54) is 0 Å². The third-order valence-corrected chi connectivity index (χ3v) is 3.13. The number of rotatable bonds is 5. The summed E-state index contributed by atoms with van der Waals surface area (Å²) < 4.78 is 6.77. The maximum atomic E-state index is 11.9. The summed E-state index contributed by atoms with van der Waals surface area (Å²) in [5, 5.41) is 4.46. The lowest BCUT2D eigenvalue weighted by Gasteiger charge is -2.09. The highest BCUT2D eigenvalue weighted by molar-refractivity contribution is 5.95. The number of benzene rings is 1. The Hall–Kier alpha value is -2.37. The molecule has 2 aromatic rings. The largest absolute Gasteiger partial charge is 0.462 e. The van der Waals surface area contributed by atoms with Crippen LogP contribution in [-0.4, -0.2) is 27.3 Å². The Morgan fingerprint density at radius 2 is 2.05 bits per heavy atom. The van der Waals surface area contributed by atoms with E-state index in [1.54, 1.807) is 23.7 Å². The standard InChI is InChI=1S/C15H20N4O2/c1-4-13-17-14(5-2)19(18-13)10-7-8-12(16)11(9-10)15(20)21-6-3/h7-9H,4-6,16H2,1-3H3. The molecule has 0 aliphatic carbocycles. The van der Waals surface area contributed by atoms with Gasteiger partial charge in [0, 0.05) is 18.5 Å². The number of hydrogen-bond acceptors (Lipinski definition) is 5. The fourth-order valence-electron chi connectivity index (χ4n) is 2.04. The Morgan fingerprint density at radius 3 is 2.67 bits per heavy atom. The maximum absolute atomic E-state index is 11.9. The number of aryl methyl sites for hydroxylation is 2. The Bertz CT molecular complexity index is 649. The quantitative estimate of drug-likeness (QED) is 0.673. The Labute approximate surface area is 123 Å². The predicted molar refractivity (Wildman–Crippen MR) is 80.5 cm³/mol. The van der Waals surface area contributed by atoms with Crippen molar-refractivity contribution in [3.8, 4) is 5.69 Å². The second kappa shape index (κ2) is 6.39. The molecule has 2 N–H and O–H groups in total. The van der Waals surface area contributed by atoms with Gasteiger partial charge in [-0.1, -0.05) is 13.8 Å². The van der Waals surface area contributed by atoms with Gasteiger partial charge in [0.1, 0.15) is 5.82 Å². The maximum Gasteiger partial charge on any atom is 0.340 e. The lowest BCUT2D eigenvalue weighted by molar-refractivity contribution is 0.0527. The topological polar surface area (TPSA) is 83.0 Å². The van der Waals surface area contributed by atoms with E-state index >= 15 is 0 Å². The lowest BCUT2D eigenvalue weighted by Crippen LogP contribution is -2.10. The summed E-state index contributed by atoms with van der Waals surface area (Å²) in [6.07, 6.45) is 1.52. The molecule has 0 bridgehead atoms. The first-order valence-electron chi connectivity index (χ1n) is 7.12. The predicted octanol–water partition coefficient (Wildman–Crippen LogP) is 2.15. The molecule has 0 fully saturated rings. The number of carbonyl (C=O) groups is 1. The second-order valence-electron chi connectivity index (χ2n) is 4.56. The molecule has 0 spiro atoms. The summed E-state index contributed by atoms with van der Waals surface area (Å²) in [7, 11) is 0. The zero-order chi connectivity index (χ0) is 15.4. The average molecular weight is 288 g/mol. The number of hydrogen-bond donors (Lipinski definition) is 1. The Balaban J connectivity index is 2.47. The van der Waals surface area contributed by atoms with Crippen LogP contribution in [0.4, 0.5) is 5.69 Å². The number of carbonyl (C=O) groups excluding carboxylic acids is 1. The molecule has 6 nitrogen and oxygen atoms in total. The third kappa shape index (κ3) is 3.04. The Morgan fingerprint density at radius 1 is 1.29 bits per heavy atom. The molecular weight excluding hydrogens is 268 g/mol. The molecule has 0 radical (unpaired) electrons. The molecule has 0 aliphatic heterocycles. The third-order valence-electron chi connectivity index (χ3n) is 3.13. The van der Waals surface area contributed by atoms with Gasteiger partial charge in [0.25, 0.3) is 0 Å². The molecule has 1 aromatic carbocycles. The normalized spacial score (nSPS) is 10.6. The molecule has 0 saturated heterocycles. The van der Waals surface area contributed by atoms with Gasteiger partial charge in [-0.15, -0.1) is 0 Å². The highest BCUT2D eigenvalue weighted by Gasteiger charge is 2.15. The summed E-state index contributed by atoms with van der Waals surface area (Å²) in [4.78, 5) is 16.4. The van der Waals surface area contributed by atoms with E-state index < -0.39 is 5.97 Å². The molecule has 0 atom stereocenters. The summed E-state index contributed by atoms with van der Waals surface area (Å²) in [5.74, 6) is 1.21.